The zero-order valence-electron chi connectivity index (χ0n) is 11.2. The molecule has 0 aliphatic heterocycles. The van der Waals surface area contributed by atoms with E-state index in [1.165, 1.54) is 16.7 Å². The van der Waals surface area contributed by atoms with Crippen LogP contribution in [0.15, 0.2) is 34.8 Å². The van der Waals surface area contributed by atoms with Crippen LogP contribution in [-0.4, -0.2) is 0 Å². The third-order valence-electron chi connectivity index (χ3n) is 3.04. The fourth-order valence-corrected chi connectivity index (χ4v) is 2.67. The van der Waals surface area contributed by atoms with E-state index in [2.05, 4.69) is 60.2 Å². The van der Waals surface area contributed by atoms with Gasteiger partial charge in [-0.1, -0.05) is 17.7 Å². The average Bonchev–Trinajstić information content (AvgIpc) is 2.34. The summed E-state index contributed by atoms with van der Waals surface area (Å²) in [4.78, 5) is 0. The predicted molar refractivity (Wildman–Crippen MR) is 82.8 cm³/mol. The van der Waals surface area contributed by atoms with Crippen LogP contribution in [0.3, 0.4) is 0 Å². The minimum Gasteiger partial charge on any atom is -0.355 e. The van der Waals surface area contributed by atoms with E-state index in [-0.39, 0.29) is 0 Å². The molecule has 0 unspecified atom stereocenters. The fraction of sp³-hybridized carbons (Fsp3) is 0.188. The Hall–Kier alpha value is -1.79. The van der Waals surface area contributed by atoms with Gasteiger partial charge in [0, 0.05) is 15.8 Å². The number of hydrogen-bond donors (Lipinski definition) is 1. The summed E-state index contributed by atoms with van der Waals surface area (Å²) in [7, 11) is 0. The Labute approximate surface area is 122 Å². The molecule has 0 atom stereocenters. The van der Waals surface area contributed by atoms with E-state index in [1.807, 2.05) is 18.2 Å². The summed E-state index contributed by atoms with van der Waals surface area (Å²) >= 11 is 3.41. The largest absolute Gasteiger partial charge is 0.355 e. The van der Waals surface area contributed by atoms with Gasteiger partial charge in [-0.25, -0.2) is 0 Å². The number of aryl methyl sites for hydroxylation is 3. The number of anilines is 2. The first-order valence-corrected chi connectivity index (χ1v) is 6.85. The monoisotopic (exact) mass is 314 g/mol. The van der Waals surface area contributed by atoms with Crippen LogP contribution in [0, 0.1) is 32.1 Å². The molecular formula is C16H15BrN2. The van der Waals surface area contributed by atoms with E-state index in [1.54, 1.807) is 0 Å². The van der Waals surface area contributed by atoms with Crippen molar-refractivity contribution in [2.75, 3.05) is 5.32 Å². The molecule has 0 fully saturated rings. The fourth-order valence-electron chi connectivity index (χ4n) is 2.21. The number of nitrogens with one attached hydrogen (secondary N) is 1. The molecule has 0 amide bonds. The Morgan fingerprint density at radius 3 is 2.21 bits per heavy atom. The lowest BCUT2D eigenvalue weighted by Gasteiger charge is -2.14. The Bertz CT molecular complexity index is 646. The van der Waals surface area contributed by atoms with Crippen LogP contribution in [0.5, 0.6) is 0 Å². The molecule has 0 aliphatic carbocycles. The summed E-state index contributed by atoms with van der Waals surface area (Å²) in [6, 6.07) is 12.1. The van der Waals surface area contributed by atoms with Crippen molar-refractivity contribution in [3.8, 4) is 6.07 Å². The SMILES string of the molecule is Cc1cc(C)c(Nc2ccc(C#N)c(Br)c2)c(C)c1. The van der Waals surface area contributed by atoms with E-state index < -0.39 is 0 Å². The highest BCUT2D eigenvalue weighted by Gasteiger charge is 2.06. The van der Waals surface area contributed by atoms with Crippen molar-refractivity contribution in [3.05, 3.63) is 57.1 Å². The van der Waals surface area contributed by atoms with Gasteiger partial charge in [0.1, 0.15) is 6.07 Å². The van der Waals surface area contributed by atoms with Gasteiger partial charge in [-0.2, -0.15) is 5.26 Å². The first kappa shape index (κ1) is 13.6. The van der Waals surface area contributed by atoms with Crippen molar-refractivity contribution in [3.63, 3.8) is 0 Å². The highest BCUT2D eigenvalue weighted by Crippen LogP contribution is 2.28. The normalized spacial score (nSPS) is 10.1. The third kappa shape index (κ3) is 2.97. The van der Waals surface area contributed by atoms with Crippen molar-refractivity contribution < 1.29 is 0 Å². The maximum atomic E-state index is 8.92. The summed E-state index contributed by atoms with van der Waals surface area (Å²) in [5, 5.41) is 12.3. The van der Waals surface area contributed by atoms with Gasteiger partial charge in [0.05, 0.1) is 5.56 Å². The summed E-state index contributed by atoms with van der Waals surface area (Å²) in [5.41, 5.74) is 6.45. The van der Waals surface area contributed by atoms with E-state index in [9.17, 15) is 0 Å². The lowest BCUT2D eigenvalue weighted by atomic mass is 10.0. The Balaban J connectivity index is 2.37. The molecule has 3 heteroatoms. The van der Waals surface area contributed by atoms with E-state index >= 15 is 0 Å². The lowest BCUT2D eigenvalue weighted by molar-refractivity contribution is 1.31. The van der Waals surface area contributed by atoms with Gasteiger partial charge in [0.2, 0.25) is 0 Å². The second-order valence-corrected chi connectivity index (χ2v) is 5.56. The molecule has 0 heterocycles. The Morgan fingerprint density at radius 2 is 1.68 bits per heavy atom. The van der Waals surface area contributed by atoms with Gasteiger partial charge >= 0.3 is 0 Å². The van der Waals surface area contributed by atoms with Crippen LogP contribution in [0.2, 0.25) is 0 Å². The number of rotatable bonds is 2. The standard InChI is InChI=1S/C16H15BrN2/c1-10-6-11(2)16(12(3)7-10)19-14-5-4-13(9-18)15(17)8-14/h4-8,19H,1-3H3. The van der Waals surface area contributed by atoms with E-state index in [0.29, 0.717) is 5.56 Å². The quantitative estimate of drug-likeness (QED) is 0.847. The second kappa shape index (κ2) is 5.46. The van der Waals surface area contributed by atoms with Crippen LogP contribution in [0.25, 0.3) is 0 Å². The van der Waals surface area contributed by atoms with Gasteiger partial charge in [0.25, 0.3) is 0 Å². The Morgan fingerprint density at radius 1 is 1.05 bits per heavy atom. The minimum atomic E-state index is 0.642. The highest BCUT2D eigenvalue weighted by atomic mass is 79.9. The molecule has 0 saturated carbocycles. The van der Waals surface area contributed by atoms with Crippen LogP contribution in [0.4, 0.5) is 11.4 Å². The van der Waals surface area contributed by atoms with Crippen molar-refractivity contribution >= 4 is 27.3 Å². The summed E-state index contributed by atoms with van der Waals surface area (Å²) in [6.07, 6.45) is 0. The molecule has 0 spiro atoms. The number of benzene rings is 2. The number of halogens is 1. The topological polar surface area (TPSA) is 35.8 Å². The molecule has 1 N–H and O–H groups in total. The van der Waals surface area contributed by atoms with Gasteiger partial charge in [-0.3, -0.25) is 0 Å². The van der Waals surface area contributed by atoms with Crippen LogP contribution < -0.4 is 5.32 Å². The molecule has 2 aromatic rings. The maximum absolute atomic E-state index is 8.92. The second-order valence-electron chi connectivity index (χ2n) is 4.71. The zero-order valence-corrected chi connectivity index (χ0v) is 12.8. The van der Waals surface area contributed by atoms with Gasteiger partial charge in [-0.15, -0.1) is 0 Å². The van der Waals surface area contributed by atoms with Gasteiger partial charge in [0.15, 0.2) is 0 Å². The van der Waals surface area contributed by atoms with Crippen LogP contribution in [0.1, 0.15) is 22.3 Å². The molecule has 0 saturated heterocycles. The maximum Gasteiger partial charge on any atom is 0.100 e. The Kier molecular flexibility index (Phi) is 3.92. The number of nitriles is 1. The molecule has 2 aromatic carbocycles. The predicted octanol–water partition coefficient (Wildman–Crippen LogP) is 4.99. The summed E-state index contributed by atoms with van der Waals surface area (Å²) in [5.74, 6) is 0. The molecule has 2 nitrogen and oxygen atoms in total. The van der Waals surface area contributed by atoms with E-state index in [0.717, 1.165) is 15.8 Å². The number of nitrogens with zero attached hydrogens (tertiary/aromatic N) is 1. The molecule has 0 aliphatic rings. The van der Waals surface area contributed by atoms with Crippen molar-refractivity contribution in [1.29, 1.82) is 5.26 Å². The van der Waals surface area contributed by atoms with Crippen LogP contribution in [-0.2, 0) is 0 Å². The van der Waals surface area contributed by atoms with Crippen molar-refractivity contribution in [2.24, 2.45) is 0 Å². The van der Waals surface area contributed by atoms with Crippen LogP contribution >= 0.6 is 15.9 Å². The minimum absolute atomic E-state index is 0.642. The lowest BCUT2D eigenvalue weighted by Crippen LogP contribution is -1.97. The third-order valence-corrected chi connectivity index (χ3v) is 3.69. The first-order valence-electron chi connectivity index (χ1n) is 6.06. The number of hydrogen-bond acceptors (Lipinski definition) is 2. The van der Waals surface area contributed by atoms with E-state index in [4.69, 9.17) is 5.26 Å². The highest BCUT2D eigenvalue weighted by molar-refractivity contribution is 9.10. The average molecular weight is 315 g/mol. The summed E-state index contributed by atoms with van der Waals surface area (Å²) < 4.78 is 0.808. The molecule has 0 aromatic heterocycles. The first-order chi connectivity index (χ1) is 9.01. The molecule has 2 rings (SSSR count). The van der Waals surface area contributed by atoms with Gasteiger partial charge in [-0.05, 0) is 66.0 Å². The molecule has 0 bridgehead atoms. The molecule has 0 radical (unpaired) electrons. The molecule has 96 valence electrons. The van der Waals surface area contributed by atoms with Crippen molar-refractivity contribution in [2.45, 2.75) is 20.8 Å². The van der Waals surface area contributed by atoms with Crippen molar-refractivity contribution in [1.82, 2.24) is 0 Å². The van der Waals surface area contributed by atoms with Gasteiger partial charge < -0.3 is 5.32 Å². The summed E-state index contributed by atoms with van der Waals surface area (Å²) in [6.45, 7) is 6.30. The molecule has 19 heavy (non-hydrogen) atoms. The smallest absolute Gasteiger partial charge is 0.100 e. The zero-order chi connectivity index (χ0) is 14.0. The molecular weight excluding hydrogens is 300 g/mol.